The zero-order chi connectivity index (χ0) is 16.9. The second-order valence-corrected chi connectivity index (χ2v) is 6.33. The molecule has 2 aromatic carbocycles. The van der Waals surface area contributed by atoms with Crippen molar-refractivity contribution in [3.05, 3.63) is 59.7 Å². The predicted octanol–water partition coefficient (Wildman–Crippen LogP) is 4.91. The molecule has 0 aliphatic rings. The molecule has 0 unspecified atom stereocenters. The van der Waals surface area contributed by atoms with Gasteiger partial charge in [-0.3, -0.25) is 15.7 Å². The molecule has 2 aromatic rings. The Morgan fingerprint density at radius 3 is 2.57 bits per heavy atom. The zero-order valence-electron chi connectivity index (χ0n) is 13.6. The Balaban J connectivity index is 2.15. The number of hydrogen-bond acceptors (Lipinski definition) is 4. The van der Waals surface area contributed by atoms with Crippen molar-refractivity contribution in [3.63, 3.8) is 0 Å². The van der Waals surface area contributed by atoms with Crippen LogP contribution in [0.2, 0.25) is 0 Å². The fourth-order valence-electron chi connectivity index (χ4n) is 2.08. The maximum atomic E-state index is 9.91. The quantitative estimate of drug-likeness (QED) is 0.555. The lowest BCUT2D eigenvalue weighted by Gasteiger charge is -2.19. The average Bonchev–Trinajstić information content (AvgIpc) is 2.52. The Labute approximate surface area is 136 Å². The summed E-state index contributed by atoms with van der Waals surface area (Å²) < 4.78 is 0. The number of aliphatic imine (C=N–C) groups is 1. The average molecular weight is 310 g/mol. The Morgan fingerprint density at radius 1 is 1.09 bits per heavy atom. The number of phenolic OH excluding ortho intramolecular Hbond substituents is 1. The zero-order valence-corrected chi connectivity index (χ0v) is 13.6. The summed E-state index contributed by atoms with van der Waals surface area (Å²) >= 11 is 0. The molecule has 0 aromatic heterocycles. The van der Waals surface area contributed by atoms with Gasteiger partial charge < -0.3 is 5.11 Å². The molecule has 4 nitrogen and oxygen atoms in total. The van der Waals surface area contributed by atoms with Gasteiger partial charge in [0.15, 0.2) is 0 Å². The van der Waals surface area contributed by atoms with E-state index in [9.17, 15) is 5.11 Å². The highest BCUT2D eigenvalue weighted by molar-refractivity contribution is 5.81. The number of nitrogens with one attached hydrogen (secondary N) is 1. The SMILES string of the molecule is CC(C)(C)c1ccc(O)c(N=C/C=C/c2cccc(NO)c2)c1. The normalized spacial score (nSPS) is 12.2. The molecule has 2 rings (SSSR count). The number of nitrogens with zero attached hydrogens (tertiary/aromatic N) is 1. The maximum Gasteiger partial charge on any atom is 0.141 e. The first-order chi connectivity index (χ1) is 10.9. The van der Waals surface area contributed by atoms with Crippen LogP contribution in [0.5, 0.6) is 5.75 Å². The van der Waals surface area contributed by atoms with Crippen LogP contribution in [0.4, 0.5) is 11.4 Å². The van der Waals surface area contributed by atoms with Crippen LogP contribution in [0.15, 0.2) is 53.5 Å². The van der Waals surface area contributed by atoms with Crippen LogP contribution in [-0.2, 0) is 5.41 Å². The third kappa shape index (κ3) is 4.69. The molecule has 0 bridgehead atoms. The number of hydrogen-bond donors (Lipinski definition) is 3. The van der Waals surface area contributed by atoms with Gasteiger partial charge in [0.05, 0.1) is 5.69 Å². The van der Waals surface area contributed by atoms with Gasteiger partial charge in [-0.1, -0.05) is 45.0 Å². The van der Waals surface area contributed by atoms with Gasteiger partial charge in [0, 0.05) is 6.21 Å². The van der Waals surface area contributed by atoms with Crippen molar-refractivity contribution >= 4 is 23.7 Å². The Hall–Kier alpha value is -2.59. The molecule has 0 amide bonds. The van der Waals surface area contributed by atoms with Gasteiger partial charge in [-0.15, -0.1) is 0 Å². The summed E-state index contributed by atoms with van der Waals surface area (Å²) in [5.41, 5.74) is 5.34. The van der Waals surface area contributed by atoms with Crippen LogP contribution >= 0.6 is 0 Å². The van der Waals surface area contributed by atoms with E-state index in [2.05, 4.69) is 31.2 Å². The minimum absolute atomic E-state index is 0.00550. The molecule has 3 N–H and O–H groups in total. The minimum atomic E-state index is 0.00550. The minimum Gasteiger partial charge on any atom is -0.506 e. The van der Waals surface area contributed by atoms with Crippen LogP contribution < -0.4 is 5.48 Å². The fraction of sp³-hybridized carbons (Fsp3) is 0.211. The number of anilines is 1. The molecule has 0 heterocycles. The Morgan fingerprint density at radius 2 is 1.87 bits per heavy atom. The number of benzene rings is 2. The van der Waals surface area contributed by atoms with Crippen molar-refractivity contribution in [3.8, 4) is 5.75 Å². The molecular weight excluding hydrogens is 288 g/mol. The molecule has 120 valence electrons. The van der Waals surface area contributed by atoms with E-state index in [-0.39, 0.29) is 11.2 Å². The first-order valence-corrected chi connectivity index (χ1v) is 7.44. The maximum absolute atomic E-state index is 9.91. The smallest absolute Gasteiger partial charge is 0.141 e. The van der Waals surface area contributed by atoms with Crippen molar-refractivity contribution < 1.29 is 10.3 Å². The van der Waals surface area contributed by atoms with Gasteiger partial charge in [0.25, 0.3) is 0 Å². The second-order valence-electron chi connectivity index (χ2n) is 6.33. The topological polar surface area (TPSA) is 64.9 Å². The van der Waals surface area contributed by atoms with Crippen LogP contribution in [0.3, 0.4) is 0 Å². The van der Waals surface area contributed by atoms with Crippen molar-refractivity contribution in [2.24, 2.45) is 4.99 Å². The molecule has 0 aliphatic carbocycles. The summed E-state index contributed by atoms with van der Waals surface area (Å²) in [6.45, 7) is 6.36. The molecule has 0 radical (unpaired) electrons. The van der Waals surface area contributed by atoms with Crippen LogP contribution in [-0.4, -0.2) is 16.5 Å². The molecule has 0 saturated carbocycles. The lowest BCUT2D eigenvalue weighted by Crippen LogP contribution is -2.10. The van der Waals surface area contributed by atoms with E-state index in [1.165, 1.54) is 0 Å². The second kappa shape index (κ2) is 7.11. The van der Waals surface area contributed by atoms with E-state index in [1.807, 2.05) is 36.4 Å². The molecule has 0 saturated heterocycles. The van der Waals surface area contributed by atoms with Gasteiger partial charge in [0.1, 0.15) is 11.4 Å². The van der Waals surface area contributed by atoms with Gasteiger partial charge >= 0.3 is 0 Å². The third-order valence-electron chi connectivity index (χ3n) is 3.45. The molecule has 0 atom stereocenters. The predicted molar refractivity (Wildman–Crippen MR) is 95.8 cm³/mol. The highest BCUT2D eigenvalue weighted by Crippen LogP contribution is 2.32. The van der Waals surface area contributed by atoms with Crippen molar-refractivity contribution in [1.29, 1.82) is 0 Å². The molecule has 0 fully saturated rings. The first-order valence-electron chi connectivity index (χ1n) is 7.44. The molecule has 0 aliphatic heterocycles. The highest BCUT2D eigenvalue weighted by atomic mass is 16.5. The summed E-state index contributed by atoms with van der Waals surface area (Å²) in [6.07, 6.45) is 5.30. The van der Waals surface area contributed by atoms with E-state index in [1.54, 1.807) is 24.4 Å². The fourth-order valence-corrected chi connectivity index (χ4v) is 2.08. The van der Waals surface area contributed by atoms with E-state index in [4.69, 9.17) is 5.21 Å². The summed E-state index contributed by atoms with van der Waals surface area (Å²) in [4.78, 5) is 4.31. The Kier molecular flexibility index (Phi) is 5.19. The van der Waals surface area contributed by atoms with Crippen LogP contribution in [0, 0.1) is 0 Å². The van der Waals surface area contributed by atoms with Gasteiger partial charge in [-0.25, -0.2) is 0 Å². The molecule has 23 heavy (non-hydrogen) atoms. The summed E-state index contributed by atoms with van der Waals surface area (Å²) in [7, 11) is 0. The van der Waals surface area contributed by atoms with Crippen molar-refractivity contribution in [1.82, 2.24) is 0 Å². The number of phenols is 1. The first kappa shape index (κ1) is 16.8. The van der Waals surface area contributed by atoms with E-state index in [0.29, 0.717) is 11.4 Å². The summed E-state index contributed by atoms with van der Waals surface area (Å²) in [6, 6.07) is 12.8. The highest BCUT2D eigenvalue weighted by Gasteiger charge is 2.14. The molecule has 4 heteroatoms. The lowest BCUT2D eigenvalue weighted by atomic mass is 9.87. The summed E-state index contributed by atoms with van der Waals surface area (Å²) in [5.74, 6) is 0.161. The van der Waals surface area contributed by atoms with Crippen LogP contribution in [0.1, 0.15) is 31.9 Å². The monoisotopic (exact) mass is 310 g/mol. The number of aromatic hydroxyl groups is 1. The van der Waals surface area contributed by atoms with E-state index in [0.717, 1.165) is 11.1 Å². The lowest BCUT2D eigenvalue weighted by molar-refractivity contribution is 0.389. The van der Waals surface area contributed by atoms with Crippen LogP contribution in [0.25, 0.3) is 6.08 Å². The molecule has 0 spiro atoms. The van der Waals surface area contributed by atoms with Crippen molar-refractivity contribution in [2.75, 3.05) is 5.48 Å². The standard InChI is InChI=1S/C19H22N2O2/c1-19(2,3)15-9-10-18(22)17(13-15)20-11-5-7-14-6-4-8-16(12-14)21-23/h4-13,21-23H,1-3H3/b7-5+,20-11?. The van der Waals surface area contributed by atoms with Gasteiger partial charge in [-0.2, -0.15) is 0 Å². The summed E-state index contributed by atoms with van der Waals surface area (Å²) in [5, 5.41) is 18.8. The van der Waals surface area contributed by atoms with Gasteiger partial charge in [-0.05, 0) is 46.9 Å². The van der Waals surface area contributed by atoms with E-state index < -0.39 is 0 Å². The van der Waals surface area contributed by atoms with Gasteiger partial charge in [0.2, 0.25) is 0 Å². The number of allylic oxidation sites excluding steroid dienone is 1. The Bertz CT molecular complexity index is 728. The van der Waals surface area contributed by atoms with Crippen molar-refractivity contribution in [2.45, 2.75) is 26.2 Å². The number of rotatable bonds is 4. The third-order valence-corrected chi connectivity index (χ3v) is 3.45. The molecular formula is C19H22N2O2. The largest absolute Gasteiger partial charge is 0.506 e. The van der Waals surface area contributed by atoms with E-state index >= 15 is 0 Å².